The van der Waals surface area contributed by atoms with Gasteiger partial charge < -0.3 is 14.3 Å². The van der Waals surface area contributed by atoms with Crippen molar-refractivity contribution < 1.29 is 14.3 Å². The molecule has 0 aliphatic rings. The summed E-state index contributed by atoms with van der Waals surface area (Å²) in [6.45, 7) is 0. The Bertz CT molecular complexity index is 524. The number of rotatable bonds is 4. The van der Waals surface area contributed by atoms with Gasteiger partial charge in [-0.15, -0.1) is 0 Å². The first kappa shape index (κ1) is 11.2. The number of hydrogen-bond acceptors (Lipinski definition) is 3. The van der Waals surface area contributed by atoms with E-state index in [0.29, 0.717) is 6.42 Å². The van der Waals surface area contributed by atoms with Crippen molar-refractivity contribution in [1.82, 2.24) is 0 Å². The van der Waals surface area contributed by atoms with Crippen molar-refractivity contribution in [1.29, 1.82) is 0 Å². The summed E-state index contributed by atoms with van der Waals surface area (Å²) in [6.07, 6.45) is 4.82. The zero-order valence-electron chi connectivity index (χ0n) is 9.13. The molecule has 2 aromatic rings. The number of aliphatic carboxylic acids is 1. The monoisotopic (exact) mass is 227 g/mol. The molecule has 86 valence electrons. The highest BCUT2D eigenvalue weighted by Crippen LogP contribution is 2.16. The van der Waals surface area contributed by atoms with Crippen LogP contribution in [0.3, 0.4) is 0 Å². The Morgan fingerprint density at radius 2 is 2.06 bits per heavy atom. The first-order valence-corrected chi connectivity index (χ1v) is 5.25. The topological polar surface area (TPSA) is 53.3 Å². The van der Waals surface area contributed by atoms with Gasteiger partial charge in [0.15, 0.2) is 0 Å². The maximum Gasteiger partial charge on any atom is 0.108 e. The standard InChI is InChI=1S/C14H12O3/c15-14(16)8-7-11-4-1-2-5-12(11)10-13-6-3-9-17-13/h1-9H,10H2,(H,15,16)/p-1/b8-7+. The summed E-state index contributed by atoms with van der Waals surface area (Å²) < 4.78 is 5.27. The summed E-state index contributed by atoms with van der Waals surface area (Å²) in [5.41, 5.74) is 1.87. The van der Waals surface area contributed by atoms with E-state index in [-0.39, 0.29) is 0 Å². The Balaban J connectivity index is 2.24. The Labute approximate surface area is 99.0 Å². The minimum atomic E-state index is -1.20. The van der Waals surface area contributed by atoms with Crippen molar-refractivity contribution in [2.24, 2.45) is 0 Å². The molecule has 0 bridgehead atoms. The summed E-state index contributed by atoms with van der Waals surface area (Å²) in [5.74, 6) is -0.350. The average molecular weight is 227 g/mol. The van der Waals surface area contributed by atoms with Crippen LogP contribution < -0.4 is 5.11 Å². The van der Waals surface area contributed by atoms with Gasteiger partial charge in [-0.25, -0.2) is 0 Å². The molecule has 0 N–H and O–H groups in total. The fourth-order valence-electron chi connectivity index (χ4n) is 1.62. The van der Waals surface area contributed by atoms with Gasteiger partial charge in [-0.2, -0.15) is 0 Å². The zero-order valence-corrected chi connectivity index (χ0v) is 9.13. The maximum absolute atomic E-state index is 10.4. The van der Waals surface area contributed by atoms with Gasteiger partial charge in [0.2, 0.25) is 0 Å². The van der Waals surface area contributed by atoms with E-state index in [0.717, 1.165) is 23.0 Å². The Kier molecular flexibility index (Phi) is 3.40. The lowest BCUT2D eigenvalue weighted by Gasteiger charge is -2.04. The third kappa shape index (κ3) is 3.08. The molecular weight excluding hydrogens is 216 g/mol. The smallest absolute Gasteiger partial charge is 0.108 e. The third-order valence-corrected chi connectivity index (χ3v) is 2.40. The summed E-state index contributed by atoms with van der Waals surface area (Å²) >= 11 is 0. The second kappa shape index (κ2) is 5.16. The van der Waals surface area contributed by atoms with Crippen LogP contribution >= 0.6 is 0 Å². The van der Waals surface area contributed by atoms with Gasteiger partial charge in [-0.05, 0) is 29.3 Å². The van der Waals surface area contributed by atoms with Gasteiger partial charge >= 0.3 is 0 Å². The molecule has 0 spiro atoms. The number of benzene rings is 1. The van der Waals surface area contributed by atoms with Gasteiger partial charge in [0.05, 0.1) is 12.2 Å². The van der Waals surface area contributed by atoms with Crippen LogP contribution in [0.25, 0.3) is 6.08 Å². The van der Waals surface area contributed by atoms with Crippen LogP contribution in [-0.2, 0) is 11.2 Å². The molecule has 1 aromatic carbocycles. The van der Waals surface area contributed by atoms with E-state index in [1.165, 1.54) is 6.08 Å². The highest BCUT2D eigenvalue weighted by atomic mass is 16.4. The van der Waals surface area contributed by atoms with E-state index >= 15 is 0 Å². The fraction of sp³-hybridized carbons (Fsp3) is 0.0714. The van der Waals surface area contributed by atoms with Crippen LogP contribution in [0.1, 0.15) is 16.9 Å². The van der Waals surface area contributed by atoms with E-state index in [1.54, 1.807) is 6.26 Å². The van der Waals surface area contributed by atoms with Crippen molar-refractivity contribution >= 4 is 12.0 Å². The van der Waals surface area contributed by atoms with Crippen molar-refractivity contribution in [2.75, 3.05) is 0 Å². The van der Waals surface area contributed by atoms with Crippen LogP contribution in [0, 0.1) is 0 Å². The molecule has 0 aliphatic heterocycles. The van der Waals surface area contributed by atoms with E-state index < -0.39 is 5.97 Å². The molecule has 0 saturated heterocycles. The number of carboxylic acid groups (broad SMARTS) is 1. The average Bonchev–Trinajstić information content (AvgIpc) is 2.80. The van der Waals surface area contributed by atoms with Gasteiger partial charge in [0.25, 0.3) is 0 Å². The number of carboxylic acids is 1. The van der Waals surface area contributed by atoms with E-state index in [1.807, 2.05) is 36.4 Å². The van der Waals surface area contributed by atoms with Gasteiger partial charge in [-0.3, -0.25) is 0 Å². The van der Waals surface area contributed by atoms with Crippen molar-refractivity contribution in [2.45, 2.75) is 6.42 Å². The van der Waals surface area contributed by atoms with Crippen molar-refractivity contribution in [3.8, 4) is 0 Å². The fourth-order valence-corrected chi connectivity index (χ4v) is 1.62. The Morgan fingerprint density at radius 1 is 1.24 bits per heavy atom. The lowest BCUT2D eigenvalue weighted by Crippen LogP contribution is -2.18. The molecule has 0 radical (unpaired) electrons. The molecule has 0 fully saturated rings. The second-order valence-electron chi connectivity index (χ2n) is 3.61. The maximum atomic E-state index is 10.4. The second-order valence-corrected chi connectivity index (χ2v) is 3.61. The molecule has 0 atom stereocenters. The largest absolute Gasteiger partial charge is 0.545 e. The van der Waals surface area contributed by atoms with Crippen LogP contribution in [-0.4, -0.2) is 5.97 Å². The molecule has 0 unspecified atom stereocenters. The molecule has 2 rings (SSSR count). The first-order chi connectivity index (χ1) is 8.25. The normalized spacial score (nSPS) is 10.8. The molecule has 3 nitrogen and oxygen atoms in total. The number of furan rings is 1. The molecule has 1 heterocycles. The molecule has 1 aromatic heterocycles. The summed E-state index contributed by atoms with van der Waals surface area (Å²) in [5, 5.41) is 10.4. The summed E-state index contributed by atoms with van der Waals surface area (Å²) in [7, 11) is 0. The molecule has 0 saturated carbocycles. The van der Waals surface area contributed by atoms with Gasteiger partial charge in [-0.1, -0.05) is 30.3 Å². The molecule has 0 amide bonds. The lowest BCUT2D eigenvalue weighted by molar-refractivity contribution is -0.297. The van der Waals surface area contributed by atoms with Crippen LogP contribution in [0.2, 0.25) is 0 Å². The minimum Gasteiger partial charge on any atom is -0.545 e. The number of hydrogen-bond donors (Lipinski definition) is 0. The zero-order chi connectivity index (χ0) is 12.1. The highest BCUT2D eigenvalue weighted by molar-refractivity contribution is 5.83. The predicted molar refractivity (Wildman–Crippen MR) is 62.0 cm³/mol. The van der Waals surface area contributed by atoms with Crippen LogP contribution in [0.15, 0.2) is 53.2 Å². The molecule has 17 heavy (non-hydrogen) atoms. The lowest BCUT2D eigenvalue weighted by atomic mass is 10.0. The predicted octanol–water partition coefficient (Wildman–Crippen LogP) is 1.63. The van der Waals surface area contributed by atoms with Crippen LogP contribution in [0.5, 0.6) is 0 Å². The molecular formula is C14H11O3-. The van der Waals surface area contributed by atoms with Crippen molar-refractivity contribution in [3.63, 3.8) is 0 Å². The Hall–Kier alpha value is -2.29. The Morgan fingerprint density at radius 3 is 2.76 bits per heavy atom. The van der Waals surface area contributed by atoms with E-state index in [4.69, 9.17) is 4.42 Å². The number of carbonyl (C=O) groups is 1. The minimum absolute atomic E-state index is 0.639. The highest BCUT2D eigenvalue weighted by Gasteiger charge is 2.02. The first-order valence-electron chi connectivity index (χ1n) is 5.25. The quantitative estimate of drug-likeness (QED) is 0.746. The van der Waals surface area contributed by atoms with Gasteiger partial charge in [0, 0.05) is 6.42 Å². The summed E-state index contributed by atoms with van der Waals surface area (Å²) in [6, 6.07) is 11.3. The van der Waals surface area contributed by atoms with E-state index in [2.05, 4.69) is 0 Å². The van der Waals surface area contributed by atoms with E-state index in [9.17, 15) is 9.90 Å². The van der Waals surface area contributed by atoms with Gasteiger partial charge in [0.1, 0.15) is 5.76 Å². The molecule has 0 aliphatic carbocycles. The molecule has 3 heteroatoms. The number of carbonyl (C=O) groups excluding carboxylic acids is 1. The SMILES string of the molecule is O=C([O-])/C=C/c1ccccc1Cc1ccco1. The summed E-state index contributed by atoms with van der Waals surface area (Å²) in [4.78, 5) is 10.4. The van der Waals surface area contributed by atoms with Crippen molar-refractivity contribution in [3.05, 3.63) is 65.6 Å². The van der Waals surface area contributed by atoms with Crippen LogP contribution in [0.4, 0.5) is 0 Å². The third-order valence-electron chi connectivity index (χ3n) is 2.40.